The van der Waals surface area contributed by atoms with Gasteiger partial charge in [0.1, 0.15) is 0 Å². The maximum atomic E-state index is 12.4. The number of hydrogen-bond donors (Lipinski definition) is 2. The Morgan fingerprint density at radius 2 is 2.10 bits per heavy atom. The molecule has 0 aliphatic heterocycles. The summed E-state index contributed by atoms with van der Waals surface area (Å²) < 4.78 is 0. The van der Waals surface area contributed by atoms with E-state index in [2.05, 4.69) is 5.32 Å². The molecular weight excluding hydrogens is 295 g/mol. The molecule has 2 rings (SSSR count). The van der Waals surface area contributed by atoms with Crippen LogP contribution in [0.25, 0.3) is 0 Å². The zero-order chi connectivity index (χ0) is 13.9. The number of rotatable bonds is 4. The second-order valence-electron chi connectivity index (χ2n) is 5.46. The SMILES string of the molecule is CC(C(=O)NC1(CN)CCCC1)c1cccc(Cl)c1.Cl. The average Bonchev–Trinajstić information content (AvgIpc) is 2.87. The average molecular weight is 317 g/mol. The Bertz CT molecular complexity index is 459. The lowest BCUT2D eigenvalue weighted by molar-refractivity contribution is -0.124. The Labute approximate surface area is 131 Å². The molecule has 1 amide bonds. The van der Waals surface area contributed by atoms with Gasteiger partial charge in [0.2, 0.25) is 5.91 Å². The highest BCUT2D eigenvalue weighted by atomic mass is 35.5. The van der Waals surface area contributed by atoms with Gasteiger partial charge in [-0.3, -0.25) is 4.79 Å². The summed E-state index contributed by atoms with van der Waals surface area (Å²) >= 11 is 5.97. The molecule has 1 saturated carbocycles. The van der Waals surface area contributed by atoms with E-state index in [1.807, 2.05) is 31.2 Å². The first-order valence-corrected chi connectivity index (χ1v) is 7.22. The molecule has 0 radical (unpaired) electrons. The Morgan fingerprint density at radius 3 is 2.65 bits per heavy atom. The molecule has 0 saturated heterocycles. The monoisotopic (exact) mass is 316 g/mol. The van der Waals surface area contributed by atoms with E-state index in [0.29, 0.717) is 11.6 Å². The number of nitrogens with one attached hydrogen (secondary N) is 1. The molecule has 1 atom stereocenters. The molecule has 1 unspecified atom stereocenters. The molecule has 1 fully saturated rings. The normalized spacial score (nSPS) is 18.1. The summed E-state index contributed by atoms with van der Waals surface area (Å²) in [5.41, 5.74) is 6.59. The van der Waals surface area contributed by atoms with E-state index in [-0.39, 0.29) is 29.8 Å². The second-order valence-corrected chi connectivity index (χ2v) is 5.89. The van der Waals surface area contributed by atoms with Gasteiger partial charge in [-0.15, -0.1) is 12.4 Å². The van der Waals surface area contributed by atoms with Crippen LogP contribution in [0.4, 0.5) is 0 Å². The minimum Gasteiger partial charge on any atom is -0.349 e. The predicted octanol–water partition coefficient (Wildman–Crippen LogP) is 3.25. The van der Waals surface area contributed by atoms with Crippen molar-refractivity contribution in [3.05, 3.63) is 34.9 Å². The van der Waals surface area contributed by atoms with E-state index in [1.165, 1.54) is 0 Å². The summed E-state index contributed by atoms with van der Waals surface area (Å²) in [6.07, 6.45) is 4.25. The van der Waals surface area contributed by atoms with E-state index < -0.39 is 0 Å². The van der Waals surface area contributed by atoms with E-state index in [4.69, 9.17) is 17.3 Å². The van der Waals surface area contributed by atoms with Crippen molar-refractivity contribution in [2.75, 3.05) is 6.54 Å². The number of benzene rings is 1. The number of hydrogen-bond acceptors (Lipinski definition) is 2. The first-order chi connectivity index (χ1) is 9.06. The molecule has 3 nitrogen and oxygen atoms in total. The Morgan fingerprint density at radius 1 is 1.45 bits per heavy atom. The van der Waals surface area contributed by atoms with Gasteiger partial charge in [-0.25, -0.2) is 0 Å². The van der Waals surface area contributed by atoms with Gasteiger partial charge < -0.3 is 11.1 Å². The first kappa shape index (κ1) is 17.3. The molecule has 20 heavy (non-hydrogen) atoms. The lowest BCUT2D eigenvalue weighted by atomic mass is 9.94. The molecule has 112 valence electrons. The summed E-state index contributed by atoms with van der Waals surface area (Å²) in [5.74, 6) is -0.169. The van der Waals surface area contributed by atoms with Gasteiger partial charge in [0.15, 0.2) is 0 Å². The summed E-state index contributed by atoms with van der Waals surface area (Å²) in [6, 6.07) is 7.46. The fraction of sp³-hybridized carbons (Fsp3) is 0.533. The van der Waals surface area contributed by atoms with Gasteiger partial charge in [-0.05, 0) is 37.5 Å². The Hall–Kier alpha value is -0.770. The molecule has 0 spiro atoms. The molecule has 0 aromatic heterocycles. The maximum Gasteiger partial charge on any atom is 0.227 e. The highest BCUT2D eigenvalue weighted by molar-refractivity contribution is 6.30. The van der Waals surface area contributed by atoms with Gasteiger partial charge in [0.05, 0.1) is 11.5 Å². The molecular formula is C15H22Cl2N2O. The van der Waals surface area contributed by atoms with Crippen LogP contribution in [-0.4, -0.2) is 18.0 Å². The van der Waals surface area contributed by atoms with E-state index in [1.54, 1.807) is 0 Å². The zero-order valence-electron chi connectivity index (χ0n) is 11.7. The van der Waals surface area contributed by atoms with Gasteiger partial charge in [-0.2, -0.15) is 0 Å². The van der Waals surface area contributed by atoms with Crippen molar-refractivity contribution in [3.8, 4) is 0 Å². The largest absolute Gasteiger partial charge is 0.349 e. The molecule has 1 aliphatic carbocycles. The minimum atomic E-state index is -0.206. The standard InChI is InChI=1S/C15H21ClN2O.ClH/c1-11(12-5-4-6-13(16)9-12)14(19)18-15(10-17)7-2-3-8-15;/h4-6,9,11H,2-3,7-8,10,17H2,1H3,(H,18,19);1H. The number of amides is 1. The lowest BCUT2D eigenvalue weighted by Gasteiger charge is -2.30. The van der Waals surface area contributed by atoms with Crippen LogP contribution in [0.5, 0.6) is 0 Å². The fourth-order valence-corrected chi connectivity index (χ4v) is 2.93. The summed E-state index contributed by atoms with van der Waals surface area (Å²) in [7, 11) is 0. The third-order valence-electron chi connectivity index (χ3n) is 4.08. The summed E-state index contributed by atoms with van der Waals surface area (Å²) in [5, 5.41) is 3.81. The van der Waals surface area contributed by atoms with Crippen LogP contribution in [0.15, 0.2) is 24.3 Å². The topological polar surface area (TPSA) is 55.1 Å². The van der Waals surface area contributed by atoms with Crippen LogP contribution in [0.2, 0.25) is 5.02 Å². The van der Waals surface area contributed by atoms with Gasteiger partial charge >= 0.3 is 0 Å². The van der Waals surface area contributed by atoms with Crippen LogP contribution in [0.1, 0.15) is 44.1 Å². The van der Waals surface area contributed by atoms with E-state index in [9.17, 15) is 4.79 Å². The van der Waals surface area contributed by atoms with Crippen molar-refractivity contribution in [1.82, 2.24) is 5.32 Å². The van der Waals surface area contributed by atoms with Crippen LogP contribution in [0.3, 0.4) is 0 Å². The Kier molecular flexibility index (Phi) is 6.31. The Balaban J connectivity index is 0.00000200. The van der Waals surface area contributed by atoms with Crippen molar-refractivity contribution < 1.29 is 4.79 Å². The summed E-state index contributed by atoms with van der Waals surface area (Å²) in [6.45, 7) is 2.42. The quantitative estimate of drug-likeness (QED) is 0.895. The molecule has 1 aromatic rings. The van der Waals surface area contributed by atoms with Crippen molar-refractivity contribution >= 4 is 29.9 Å². The smallest absolute Gasteiger partial charge is 0.227 e. The van der Waals surface area contributed by atoms with Crippen LogP contribution in [-0.2, 0) is 4.79 Å². The first-order valence-electron chi connectivity index (χ1n) is 6.84. The molecule has 0 bridgehead atoms. The van der Waals surface area contributed by atoms with Crippen molar-refractivity contribution in [1.29, 1.82) is 0 Å². The molecule has 5 heteroatoms. The number of halogens is 2. The third kappa shape index (κ3) is 3.87. The van der Waals surface area contributed by atoms with E-state index in [0.717, 1.165) is 31.2 Å². The third-order valence-corrected chi connectivity index (χ3v) is 4.32. The highest BCUT2D eigenvalue weighted by Gasteiger charge is 2.35. The molecule has 0 heterocycles. The summed E-state index contributed by atoms with van der Waals surface area (Å²) in [4.78, 5) is 12.4. The van der Waals surface area contributed by atoms with Crippen LogP contribution in [0, 0.1) is 0 Å². The molecule has 3 N–H and O–H groups in total. The van der Waals surface area contributed by atoms with Gasteiger partial charge in [0, 0.05) is 11.6 Å². The predicted molar refractivity (Wildman–Crippen MR) is 85.5 cm³/mol. The zero-order valence-corrected chi connectivity index (χ0v) is 13.3. The minimum absolute atomic E-state index is 0. The number of carbonyl (C=O) groups excluding carboxylic acids is 1. The van der Waals surface area contributed by atoms with Crippen molar-refractivity contribution in [2.24, 2.45) is 5.73 Å². The highest BCUT2D eigenvalue weighted by Crippen LogP contribution is 2.30. The van der Waals surface area contributed by atoms with Crippen molar-refractivity contribution in [2.45, 2.75) is 44.1 Å². The second kappa shape index (κ2) is 7.30. The number of nitrogens with two attached hydrogens (primary N) is 1. The molecule has 1 aromatic carbocycles. The fourth-order valence-electron chi connectivity index (χ4n) is 2.73. The van der Waals surface area contributed by atoms with Gasteiger partial charge in [-0.1, -0.05) is 36.6 Å². The van der Waals surface area contributed by atoms with E-state index >= 15 is 0 Å². The maximum absolute atomic E-state index is 12.4. The van der Waals surface area contributed by atoms with Crippen molar-refractivity contribution in [3.63, 3.8) is 0 Å². The van der Waals surface area contributed by atoms with Gasteiger partial charge in [0.25, 0.3) is 0 Å². The lowest BCUT2D eigenvalue weighted by Crippen LogP contribution is -2.52. The molecule has 1 aliphatic rings. The van der Waals surface area contributed by atoms with Crippen LogP contribution < -0.4 is 11.1 Å². The van der Waals surface area contributed by atoms with Crippen LogP contribution >= 0.6 is 24.0 Å². The number of carbonyl (C=O) groups is 1.